The minimum atomic E-state index is -3.99. The molecule has 0 heterocycles. The summed E-state index contributed by atoms with van der Waals surface area (Å²) in [5.41, 5.74) is 0. The normalized spacial score (nSPS) is 23.2. The predicted molar refractivity (Wildman–Crippen MR) is 124 cm³/mol. The summed E-state index contributed by atoms with van der Waals surface area (Å²) in [4.78, 5) is 33.8. The lowest BCUT2D eigenvalue weighted by molar-refractivity contribution is -0.124. The fourth-order valence-electron chi connectivity index (χ4n) is 4.65. The van der Waals surface area contributed by atoms with Crippen molar-refractivity contribution in [3.63, 3.8) is 0 Å². The topological polar surface area (TPSA) is 89.9 Å². The Morgan fingerprint density at radius 3 is 2.06 bits per heavy atom. The summed E-state index contributed by atoms with van der Waals surface area (Å²) in [5.74, 6) is 1.51. The lowest BCUT2D eigenvalue weighted by atomic mass is 9.90. The van der Waals surface area contributed by atoms with Crippen molar-refractivity contribution in [1.82, 2.24) is 0 Å². The van der Waals surface area contributed by atoms with E-state index in [1.807, 2.05) is 0 Å². The Kier molecular flexibility index (Phi) is 14.1. The van der Waals surface area contributed by atoms with Gasteiger partial charge in [0.25, 0.3) is 0 Å². The molecular weight excluding hydrogens is 415 g/mol. The van der Waals surface area contributed by atoms with Crippen LogP contribution in [0.5, 0.6) is 0 Å². The second-order valence-electron chi connectivity index (χ2n) is 9.82. The van der Waals surface area contributed by atoms with Crippen LogP contribution in [0.3, 0.4) is 0 Å². The Hall–Kier alpha value is -0.550. The highest BCUT2D eigenvalue weighted by atomic mass is 31.2. The van der Waals surface area contributed by atoms with E-state index < -0.39 is 7.82 Å². The minimum Gasteiger partial charge on any atom is -0.303 e. The molecule has 0 aliphatic heterocycles. The molecule has 7 heteroatoms. The second-order valence-corrected chi connectivity index (χ2v) is 11.4. The number of carbonyl (C=O) groups excluding carboxylic acids is 2. The minimum absolute atomic E-state index is 0.00513. The van der Waals surface area contributed by atoms with Gasteiger partial charge in [0.15, 0.2) is 0 Å². The van der Waals surface area contributed by atoms with Crippen molar-refractivity contribution in [2.45, 2.75) is 104 Å². The molecular formula is C24H45O6P. The highest BCUT2D eigenvalue weighted by Crippen LogP contribution is 2.45. The Morgan fingerprint density at radius 1 is 0.968 bits per heavy atom. The van der Waals surface area contributed by atoms with Crippen molar-refractivity contribution in [3.05, 3.63) is 0 Å². The third-order valence-corrected chi connectivity index (χ3v) is 7.23. The van der Waals surface area contributed by atoms with Crippen molar-refractivity contribution in [2.75, 3.05) is 13.7 Å². The smallest absolute Gasteiger partial charge is 0.303 e. The molecule has 1 aliphatic rings. The van der Waals surface area contributed by atoms with Crippen LogP contribution in [0.15, 0.2) is 0 Å². The quantitative estimate of drug-likeness (QED) is 0.185. The maximum Gasteiger partial charge on any atom is 0.471 e. The van der Waals surface area contributed by atoms with Gasteiger partial charge in [-0.2, -0.15) is 0 Å². The van der Waals surface area contributed by atoms with Crippen LogP contribution in [0.1, 0.15) is 104 Å². The largest absolute Gasteiger partial charge is 0.471 e. The average molecular weight is 461 g/mol. The zero-order valence-corrected chi connectivity index (χ0v) is 21.0. The second kappa shape index (κ2) is 15.3. The van der Waals surface area contributed by atoms with E-state index in [2.05, 4.69) is 25.3 Å². The molecule has 0 aromatic heterocycles. The lowest BCUT2D eigenvalue weighted by Crippen LogP contribution is -2.22. The average Bonchev–Trinajstić information content (AvgIpc) is 3.08. The van der Waals surface area contributed by atoms with E-state index >= 15 is 0 Å². The molecule has 0 radical (unpaired) electrons. The molecule has 0 saturated heterocycles. The predicted octanol–water partition coefficient (Wildman–Crippen LogP) is 6.50. The molecule has 1 rings (SSSR count). The van der Waals surface area contributed by atoms with E-state index in [-0.39, 0.29) is 24.2 Å². The summed E-state index contributed by atoms with van der Waals surface area (Å²) in [6, 6.07) is 0. The molecule has 6 nitrogen and oxygen atoms in total. The van der Waals surface area contributed by atoms with E-state index in [4.69, 9.17) is 4.52 Å². The van der Waals surface area contributed by atoms with Gasteiger partial charge in [0.2, 0.25) is 0 Å². The third-order valence-electron chi connectivity index (χ3n) is 6.29. The van der Waals surface area contributed by atoms with E-state index in [0.29, 0.717) is 30.5 Å². The molecule has 0 spiro atoms. The molecule has 182 valence electrons. The third kappa shape index (κ3) is 12.9. The zero-order valence-electron chi connectivity index (χ0n) is 20.1. The van der Waals surface area contributed by atoms with E-state index in [0.717, 1.165) is 58.5 Å². The Balaban J connectivity index is 2.10. The summed E-state index contributed by atoms with van der Waals surface area (Å²) in [5, 5.41) is 0. The van der Waals surface area contributed by atoms with E-state index in [1.165, 1.54) is 19.3 Å². The van der Waals surface area contributed by atoms with Gasteiger partial charge in [0.1, 0.15) is 11.6 Å². The lowest BCUT2D eigenvalue weighted by Gasteiger charge is -2.19. The molecule has 0 amide bonds. The van der Waals surface area contributed by atoms with Gasteiger partial charge in [-0.25, -0.2) is 4.57 Å². The number of Topliss-reactive ketones (excluding diaryl/α,β-unsaturated/α-hetero) is 2. The number of hydrogen-bond acceptors (Lipinski definition) is 5. The van der Waals surface area contributed by atoms with Gasteiger partial charge < -0.3 is 4.89 Å². The van der Waals surface area contributed by atoms with Crippen molar-refractivity contribution in [2.24, 2.45) is 23.7 Å². The SMILES string of the molecule is COP(=O)(O)OC[C@@H]1C[C@@H](C)CC1C(=O)CCCCCCCCCCC(=O)CC(C)C. The fraction of sp³-hybridized carbons (Fsp3) is 0.917. The van der Waals surface area contributed by atoms with Gasteiger partial charge in [0, 0.05) is 32.3 Å². The number of carbonyl (C=O) groups is 2. The standard InChI is InChI=1S/C24H45O6P/c1-19(2)15-22(25)13-11-9-7-5-6-8-10-12-14-24(26)23-17-20(3)16-21(23)18-30-31(27,28)29-4/h19-21,23H,5-18H2,1-4H3,(H,27,28)/t20-,21+,23?/m1/s1. The maximum atomic E-state index is 12.7. The first kappa shape index (κ1) is 28.5. The molecule has 1 saturated carbocycles. The monoisotopic (exact) mass is 460 g/mol. The molecule has 0 aromatic carbocycles. The zero-order chi connectivity index (χ0) is 23.3. The summed E-state index contributed by atoms with van der Waals surface area (Å²) < 4.78 is 21.0. The van der Waals surface area contributed by atoms with Gasteiger partial charge in [-0.15, -0.1) is 0 Å². The molecule has 1 N–H and O–H groups in total. The van der Waals surface area contributed by atoms with Crippen LogP contribution in [-0.2, 0) is 23.2 Å². The van der Waals surface area contributed by atoms with Crippen molar-refractivity contribution in [3.8, 4) is 0 Å². The van der Waals surface area contributed by atoms with Crippen LogP contribution in [0, 0.1) is 23.7 Å². The molecule has 0 aromatic rings. The highest BCUT2D eigenvalue weighted by Gasteiger charge is 2.37. The molecule has 1 aliphatic carbocycles. The first-order valence-electron chi connectivity index (χ1n) is 12.2. The first-order chi connectivity index (χ1) is 14.6. The number of rotatable bonds is 18. The molecule has 0 bridgehead atoms. The Bertz CT molecular complexity index is 576. The van der Waals surface area contributed by atoms with Gasteiger partial charge in [-0.05, 0) is 43.4 Å². The number of unbranched alkanes of at least 4 members (excludes halogenated alkanes) is 7. The van der Waals surface area contributed by atoms with Crippen molar-refractivity contribution < 1.29 is 28.1 Å². The number of ketones is 2. The van der Waals surface area contributed by atoms with Crippen LogP contribution in [0.25, 0.3) is 0 Å². The van der Waals surface area contributed by atoms with Crippen LogP contribution >= 0.6 is 7.82 Å². The van der Waals surface area contributed by atoms with Crippen molar-refractivity contribution >= 4 is 19.4 Å². The summed E-state index contributed by atoms with van der Waals surface area (Å²) in [6.45, 7) is 6.40. The van der Waals surface area contributed by atoms with Crippen LogP contribution in [-0.4, -0.2) is 30.2 Å². The molecule has 2 unspecified atom stereocenters. The Morgan fingerprint density at radius 2 is 1.52 bits per heavy atom. The molecule has 4 atom stereocenters. The van der Waals surface area contributed by atoms with Crippen LogP contribution in [0.2, 0.25) is 0 Å². The number of phosphoric acid groups is 1. The first-order valence-corrected chi connectivity index (χ1v) is 13.7. The highest BCUT2D eigenvalue weighted by molar-refractivity contribution is 7.47. The van der Waals surface area contributed by atoms with Crippen LogP contribution < -0.4 is 0 Å². The van der Waals surface area contributed by atoms with E-state index in [1.54, 1.807) is 0 Å². The number of phosphoric ester groups is 1. The molecule has 31 heavy (non-hydrogen) atoms. The van der Waals surface area contributed by atoms with E-state index in [9.17, 15) is 19.0 Å². The van der Waals surface area contributed by atoms with Gasteiger partial charge in [0.05, 0.1) is 6.61 Å². The summed E-state index contributed by atoms with van der Waals surface area (Å²) >= 11 is 0. The molecule has 1 fully saturated rings. The van der Waals surface area contributed by atoms with Gasteiger partial charge >= 0.3 is 7.82 Å². The Labute approximate surface area is 189 Å². The van der Waals surface area contributed by atoms with Crippen LogP contribution in [0.4, 0.5) is 0 Å². The van der Waals surface area contributed by atoms with Gasteiger partial charge in [-0.3, -0.25) is 18.6 Å². The maximum absolute atomic E-state index is 12.7. The van der Waals surface area contributed by atoms with Crippen molar-refractivity contribution in [1.29, 1.82) is 0 Å². The summed E-state index contributed by atoms with van der Waals surface area (Å²) in [7, 11) is -2.84. The summed E-state index contributed by atoms with van der Waals surface area (Å²) in [6.07, 6.45) is 12.6. The fourth-order valence-corrected chi connectivity index (χ4v) is 5.13. The van der Waals surface area contributed by atoms with Gasteiger partial charge in [-0.1, -0.05) is 59.3 Å². The number of hydrogen-bond donors (Lipinski definition) is 1.